The molecule has 1 amide bonds. The van der Waals surface area contributed by atoms with Crippen LogP contribution >= 0.6 is 11.3 Å². The lowest BCUT2D eigenvalue weighted by Gasteiger charge is -2.25. The number of carbonyl (C=O) groups is 1. The second-order valence-corrected chi connectivity index (χ2v) is 12.1. The molecular weight excluding hydrogens is 482 g/mol. The van der Waals surface area contributed by atoms with Crippen LogP contribution < -0.4 is 10.1 Å². The number of carbonyl (C=O) groups excluding carboxylic acids is 1. The van der Waals surface area contributed by atoms with Gasteiger partial charge >= 0.3 is 0 Å². The number of aromatic nitrogens is 1. The number of anilines is 1. The largest absolute Gasteiger partial charge is 0.496 e. The maximum absolute atomic E-state index is 13.2. The molecule has 0 atom stereocenters. The number of methoxy groups -OCH3 is 1. The van der Waals surface area contributed by atoms with Crippen molar-refractivity contribution in [1.82, 2.24) is 9.29 Å². The summed E-state index contributed by atoms with van der Waals surface area (Å²) in [6, 6.07) is 11.9. The summed E-state index contributed by atoms with van der Waals surface area (Å²) in [7, 11) is -2.01. The summed E-state index contributed by atoms with van der Waals surface area (Å²) in [4.78, 5) is 17.5. The molecular formula is C26H33N3O4S2. The Morgan fingerprint density at radius 3 is 2.23 bits per heavy atom. The summed E-state index contributed by atoms with van der Waals surface area (Å²) >= 11 is 1.33. The van der Waals surface area contributed by atoms with Crippen LogP contribution in [-0.4, -0.2) is 43.8 Å². The number of sulfonamides is 1. The third kappa shape index (κ3) is 6.68. The van der Waals surface area contributed by atoms with Gasteiger partial charge in [0.2, 0.25) is 10.0 Å². The quantitative estimate of drug-likeness (QED) is 0.375. The molecule has 188 valence electrons. The number of aryl methyl sites for hydroxylation is 1. The van der Waals surface area contributed by atoms with Crippen molar-refractivity contribution in [2.24, 2.45) is 11.8 Å². The summed E-state index contributed by atoms with van der Waals surface area (Å²) < 4.78 is 33.2. The third-order valence-electron chi connectivity index (χ3n) is 5.31. The highest BCUT2D eigenvalue weighted by atomic mass is 32.2. The fourth-order valence-corrected chi connectivity index (χ4v) is 6.17. The van der Waals surface area contributed by atoms with Crippen molar-refractivity contribution in [3.8, 4) is 17.0 Å². The van der Waals surface area contributed by atoms with Gasteiger partial charge < -0.3 is 4.74 Å². The number of hydrogen-bond acceptors (Lipinski definition) is 6. The minimum atomic E-state index is -3.65. The lowest BCUT2D eigenvalue weighted by molar-refractivity contribution is 0.102. The average Bonchev–Trinajstić information content (AvgIpc) is 3.26. The highest BCUT2D eigenvalue weighted by Crippen LogP contribution is 2.29. The molecule has 1 N–H and O–H groups in total. The minimum absolute atomic E-state index is 0.182. The van der Waals surface area contributed by atoms with E-state index in [4.69, 9.17) is 4.74 Å². The number of benzene rings is 2. The van der Waals surface area contributed by atoms with Crippen LogP contribution in [0.5, 0.6) is 5.75 Å². The van der Waals surface area contributed by atoms with E-state index in [0.717, 1.165) is 22.6 Å². The van der Waals surface area contributed by atoms with E-state index in [9.17, 15) is 13.2 Å². The maximum atomic E-state index is 13.2. The standard InChI is InChI=1S/C26H33N3O4S2/c1-17(2)14-29(15-18(3)4)35(31,32)22-10-7-20(8-11-22)25(30)28-26-27-23(16-34-26)21-9-12-24(33-6)19(5)13-21/h7-13,16-18H,14-15H2,1-6H3,(H,27,28,30). The van der Waals surface area contributed by atoms with E-state index in [1.807, 2.05) is 58.2 Å². The first-order chi connectivity index (χ1) is 16.5. The Morgan fingerprint density at radius 2 is 1.69 bits per heavy atom. The lowest BCUT2D eigenvalue weighted by atomic mass is 10.1. The predicted octanol–water partition coefficient (Wildman–Crippen LogP) is 5.68. The number of rotatable bonds is 10. The molecule has 1 aromatic heterocycles. The molecule has 0 aliphatic carbocycles. The van der Waals surface area contributed by atoms with Gasteiger partial charge in [-0.25, -0.2) is 13.4 Å². The zero-order chi connectivity index (χ0) is 25.8. The van der Waals surface area contributed by atoms with E-state index in [1.54, 1.807) is 7.11 Å². The van der Waals surface area contributed by atoms with Gasteiger partial charge in [0.15, 0.2) is 5.13 Å². The van der Waals surface area contributed by atoms with E-state index < -0.39 is 10.0 Å². The number of nitrogens with one attached hydrogen (secondary N) is 1. The van der Waals surface area contributed by atoms with Crippen molar-refractivity contribution in [2.75, 3.05) is 25.5 Å². The molecule has 0 saturated heterocycles. The normalized spacial score (nSPS) is 11.9. The van der Waals surface area contributed by atoms with Crippen molar-refractivity contribution in [2.45, 2.75) is 39.5 Å². The van der Waals surface area contributed by atoms with Crippen LogP contribution in [0.15, 0.2) is 52.7 Å². The van der Waals surface area contributed by atoms with Crippen LogP contribution in [0.3, 0.4) is 0 Å². The first-order valence-corrected chi connectivity index (χ1v) is 13.8. The van der Waals surface area contributed by atoms with Crippen LogP contribution in [0.4, 0.5) is 5.13 Å². The molecule has 9 heteroatoms. The van der Waals surface area contributed by atoms with Crippen molar-refractivity contribution < 1.29 is 17.9 Å². The molecule has 0 unspecified atom stereocenters. The molecule has 0 bridgehead atoms. The fraction of sp³-hybridized carbons (Fsp3) is 0.385. The monoisotopic (exact) mass is 515 g/mol. The summed E-state index contributed by atoms with van der Waals surface area (Å²) in [5.41, 5.74) is 3.05. The second kappa shape index (κ2) is 11.3. The van der Waals surface area contributed by atoms with Gasteiger partial charge in [0.05, 0.1) is 17.7 Å². The van der Waals surface area contributed by atoms with Crippen molar-refractivity contribution in [3.63, 3.8) is 0 Å². The Balaban J connectivity index is 1.73. The molecule has 0 fully saturated rings. The van der Waals surface area contributed by atoms with Crippen molar-refractivity contribution >= 4 is 32.4 Å². The smallest absolute Gasteiger partial charge is 0.257 e. The van der Waals surface area contributed by atoms with E-state index in [0.29, 0.717) is 23.8 Å². The highest BCUT2D eigenvalue weighted by molar-refractivity contribution is 7.89. The van der Waals surface area contributed by atoms with Crippen LogP contribution in [0.25, 0.3) is 11.3 Å². The number of ether oxygens (including phenoxy) is 1. The highest BCUT2D eigenvalue weighted by Gasteiger charge is 2.26. The van der Waals surface area contributed by atoms with Gasteiger partial charge in [0.1, 0.15) is 5.75 Å². The molecule has 3 aromatic rings. The van der Waals surface area contributed by atoms with E-state index in [2.05, 4.69) is 10.3 Å². The van der Waals surface area contributed by atoms with Crippen LogP contribution in [0, 0.1) is 18.8 Å². The Hall–Kier alpha value is -2.75. The first kappa shape index (κ1) is 26.8. The number of thiazole rings is 1. The molecule has 2 aromatic carbocycles. The van der Waals surface area contributed by atoms with Crippen molar-refractivity contribution in [1.29, 1.82) is 0 Å². The van der Waals surface area contributed by atoms with Gasteiger partial charge in [-0.15, -0.1) is 11.3 Å². The van der Waals surface area contributed by atoms with Crippen LogP contribution in [-0.2, 0) is 10.0 Å². The summed E-state index contributed by atoms with van der Waals surface area (Å²) in [6.45, 7) is 10.8. The molecule has 0 saturated carbocycles. The van der Waals surface area contributed by atoms with Crippen LogP contribution in [0.2, 0.25) is 0 Å². The molecule has 0 radical (unpaired) electrons. The van der Waals surface area contributed by atoms with E-state index >= 15 is 0 Å². The molecule has 3 rings (SSSR count). The summed E-state index contributed by atoms with van der Waals surface area (Å²) in [6.07, 6.45) is 0. The predicted molar refractivity (Wildman–Crippen MR) is 142 cm³/mol. The number of hydrogen-bond donors (Lipinski definition) is 1. The molecule has 7 nitrogen and oxygen atoms in total. The Morgan fingerprint density at radius 1 is 1.06 bits per heavy atom. The summed E-state index contributed by atoms with van der Waals surface area (Å²) in [5.74, 6) is 0.874. The summed E-state index contributed by atoms with van der Waals surface area (Å²) in [5, 5.41) is 5.15. The van der Waals surface area contributed by atoms with Gasteiger partial charge in [0, 0.05) is 29.6 Å². The van der Waals surface area contributed by atoms with Gasteiger partial charge in [-0.05, 0) is 66.8 Å². The van der Waals surface area contributed by atoms with Gasteiger partial charge in [0.25, 0.3) is 5.91 Å². The fourth-order valence-electron chi connectivity index (χ4n) is 3.68. The molecule has 0 aliphatic heterocycles. The zero-order valence-electron chi connectivity index (χ0n) is 21.0. The van der Waals surface area contributed by atoms with E-state index in [1.165, 1.54) is 39.9 Å². The molecule has 0 spiro atoms. The van der Waals surface area contributed by atoms with Crippen LogP contribution in [0.1, 0.15) is 43.6 Å². The number of nitrogens with zero attached hydrogens (tertiary/aromatic N) is 2. The van der Waals surface area contributed by atoms with E-state index in [-0.39, 0.29) is 22.6 Å². The molecule has 1 heterocycles. The lowest BCUT2D eigenvalue weighted by Crippen LogP contribution is -2.37. The maximum Gasteiger partial charge on any atom is 0.257 e. The van der Waals surface area contributed by atoms with Gasteiger partial charge in [-0.1, -0.05) is 27.7 Å². The minimum Gasteiger partial charge on any atom is -0.496 e. The average molecular weight is 516 g/mol. The Kier molecular flexibility index (Phi) is 8.69. The third-order valence-corrected chi connectivity index (χ3v) is 7.91. The molecule has 0 aliphatic rings. The number of amides is 1. The topological polar surface area (TPSA) is 88.6 Å². The van der Waals surface area contributed by atoms with Gasteiger partial charge in [-0.3, -0.25) is 10.1 Å². The second-order valence-electron chi connectivity index (χ2n) is 9.31. The van der Waals surface area contributed by atoms with Gasteiger partial charge in [-0.2, -0.15) is 4.31 Å². The first-order valence-electron chi connectivity index (χ1n) is 11.5. The SMILES string of the molecule is COc1ccc(-c2csc(NC(=O)c3ccc(S(=O)(=O)N(CC(C)C)CC(C)C)cc3)n2)cc1C. The Bertz CT molecular complexity index is 1260. The van der Waals surface area contributed by atoms with Crippen molar-refractivity contribution in [3.05, 3.63) is 59.0 Å². The zero-order valence-corrected chi connectivity index (χ0v) is 22.7. The Labute approximate surface area is 212 Å². The molecule has 35 heavy (non-hydrogen) atoms.